The third-order valence-corrected chi connectivity index (χ3v) is 18.6. The minimum absolute atomic E-state index is 0.00848. The van der Waals surface area contributed by atoms with Gasteiger partial charge in [0.1, 0.15) is 94.4 Å². The number of nitrogens with zero attached hydrogens (tertiary/aromatic N) is 6. The van der Waals surface area contributed by atoms with Crippen molar-refractivity contribution in [2.24, 2.45) is 11.8 Å². The van der Waals surface area contributed by atoms with Gasteiger partial charge < -0.3 is 92.6 Å². The lowest BCUT2D eigenvalue weighted by Crippen LogP contribution is -2.71. The van der Waals surface area contributed by atoms with Gasteiger partial charge in [0, 0.05) is 19.6 Å². The first-order chi connectivity index (χ1) is 44.2. The molecule has 2 saturated heterocycles. The van der Waals surface area contributed by atoms with Crippen LogP contribution < -0.4 is 0 Å². The van der Waals surface area contributed by atoms with Crippen LogP contribution in [0.3, 0.4) is 0 Å². The molecule has 25 nitrogen and oxygen atoms in total. The highest BCUT2D eigenvalue weighted by Gasteiger charge is 2.56. The monoisotopic (exact) mass is 1350 g/mol. The number of carboxylic acids is 3. The van der Waals surface area contributed by atoms with Crippen molar-refractivity contribution in [1.82, 2.24) is 14.7 Å². The Labute approximate surface area is 565 Å². The van der Waals surface area contributed by atoms with E-state index in [2.05, 4.69) is 30.6 Å². The van der Waals surface area contributed by atoms with E-state index in [-0.39, 0.29) is 39.3 Å². The van der Waals surface area contributed by atoms with Crippen LogP contribution in [0.5, 0.6) is 0 Å². The number of ether oxygens (including phenoxy) is 7. The molecule has 0 aromatic heterocycles. The van der Waals surface area contributed by atoms with E-state index in [4.69, 9.17) is 33.2 Å². The van der Waals surface area contributed by atoms with Crippen LogP contribution in [0.25, 0.3) is 0 Å². The summed E-state index contributed by atoms with van der Waals surface area (Å²) in [4.78, 5) is 42.3. The molecule has 0 amide bonds. The summed E-state index contributed by atoms with van der Waals surface area (Å²) in [6.45, 7) is 10.1. The van der Waals surface area contributed by atoms with E-state index in [1.165, 1.54) is 0 Å². The molecule has 3 unspecified atom stereocenters. The number of aliphatic hydroxyl groups excluding tert-OH is 6. The highest BCUT2D eigenvalue weighted by molar-refractivity contribution is 5.68. The third kappa shape index (κ3) is 32.8. The molecule has 9 N–H and O–H groups in total. The molecule has 25 heteroatoms. The van der Waals surface area contributed by atoms with Crippen molar-refractivity contribution in [3.05, 3.63) is 0 Å². The van der Waals surface area contributed by atoms with E-state index in [0.29, 0.717) is 59.1 Å². The van der Waals surface area contributed by atoms with Crippen molar-refractivity contribution in [2.45, 2.75) is 254 Å². The zero-order chi connectivity index (χ0) is 70.3. The van der Waals surface area contributed by atoms with Gasteiger partial charge in [-0.15, -0.1) is 0 Å². The van der Waals surface area contributed by atoms with Gasteiger partial charge in [0.05, 0.1) is 120 Å². The van der Waals surface area contributed by atoms with Gasteiger partial charge in [0.2, 0.25) is 0 Å². The van der Waals surface area contributed by atoms with Crippen LogP contribution in [-0.2, 0) is 47.5 Å². The second kappa shape index (κ2) is 44.0. The predicted octanol–water partition coefficient (Wildman–Crippen LogP) is 3.97. The fourth-order valence-electron chi connectivity index (χ4n) is 14.4. The normalized spacial score (nSPS) is 28.3. The Morgan fingerprint density at radius 3 is 1.19 bits per heavy atom. The van der Waals surface area contributed by atoms with Gasteiger partial charge in [0.15, 0.2) is 6.29 Å². The Morgan fingerprint density at radius 1 is 0.457 bits per heavy atom. The Balaban J connectivity index is 2.44. The molecule has 94 heavy (non-hydrogen) atoms. The SMILES string of the molecule is CCCCCCCCN(CC(O)C[N+](C)(C)C)[C@@H]1[C@@H](O)[C@H](O[C@@H]2O[C@H](COCC(=O)O)[C@@H](O[C@@H]3C[C@H](COCC(=O)O)[C@@H](C)[C@H](O)[C@H]3N(CCCCCCCC)CC(O)C[N+](C)(C)C)[C@H](O)[C@H]2N(CCCCCCCC)CC(O)C[N+](C)(C)C)[C@@H](COCC(=O)O)O[C@H]1C. The number of likely N-dealkylation sites (N-methyl/N-ethyl adjacent to an activating group) is 3. The molecular formula is C69H137N6O19+3. The lowest BCUT2D eigenvalue weighted by molar-refractivity contribution is -0.873. The minimum Gasteiger partial charge on any atom is -0.480 e. The highest BCUT2D eigenvalue weighted by atomic mass is 16.7. The van der Waals surface area contributed by atoms with Crippen LogP contribution in [0.4, 0.5) is 0 Å². The van der Waals surface area contributed by atoms with Crippen molar-refractivity contribution in [2.75, 3.05) is 162 Å². The van der Waals surface area contributed by atoms with Gasteiger partial charge in [-0.05, 0) is 64.1 Å². The summed E-state index contributed by atoms with van der Waals surface area (Å²) in [5.41, 5.74) is 0. The van der Waals surface area contributed by atoms with Crippen LogP contribution in [0, 0.1) is 11.8 Å². The molecule has 3 aliphatic rings. The predicted molar refractivity (Wildman–Crippen MR) is 360 cm³/mol. The van der Waals surface area contributed by atoms with Crippen LogP contribution in [0.1, 0.15) is 157 Å². The number of aliphatic hydroxyl groups is 6. The molecule has 1 saturated carbocycles. The van der Waals surface area contributed by atoms with Crippen LogP contribution >= 0.6 is 0 Å². The molecule has 2 heterocycles. The van der Waals surface area contributed by atoms with Crippen molar-refractivity contribution in [3.63, 3.8) is 0 Å². The minimum atomic E-state index is -1.61. The largest absolute Gasteiger partial charge is 0.480 e. The lowest BCUT2D eigenvalue weighted by Gasteiger charge is -2.54. The first-order valence-corrected chi connectivity index (χ1v) is 35.9. The maximum absolute atomic E-state index is 13.8. The van der Waals surface area contributed by atoms with Gasteiger partial charge in [-0.3, -0.25) is 14.7 Å². The average molecular weight is 1350 g/mol. The maximum atomic E-state index is 13.8. The van der Waals surface area contributed by atoms with Crippen molar-refractivity contribution in [1.29, 1.82) is 0 Å². The Kier molecular flexibility index (Phi) is 40.2. The van der Waals surface area contributed by atoms with E-state index in [9.17, 15) is 60.3 Å². The summed E-state index contributed by atoms with van der Waals surface area (Å²) in [7, 11) is 17.9. The highest BCUT2D eigenvalue weighted by Crippen LogP contribution is 2.40. The molecule has 1 aliphatic carbocycles. The standard InChI is InChI=1S/C69H134N6O19/c1-15-18-21-24-27-30-33-70(37-52(76)40-73(6,7)8)61-50(5)91-56(44-89-47-59(81)82)68(65(61)86)94-69-63(72(35-32-29-26-23-20-17-3)39-54(78)42-75(12,13)14)66(87)67(57(93-69)45-90-48-60(83)84)92-55-36-51(43-88-46-58(79)80)49(4)64(85)62(55)71(34-31-28-25-22-19-16-2)38-53(77)41-74(9,10)11/h49-57,61-69,76-78,85-87H,15-48H2,1-14H3/p+3/t49-,50+,51-,52?,53?,54?,55-,56-,57-,61+,62+,63-,64+,65-,66-,67-,68-,69+/m1/s1. The molecule has 0 radical (unpaired) electrons. The van der Waals surface area contributed by atoms with Gasteiger partial charge in [-0.2, -0.15) is 0 Å². The van der Waals surface area contributed by atoms with Gasteiger partial charge in [0.25, 0.3) is 0 Å². The fourth-order valence-corrected chi connectivity index (χ4v) is 14.4. The van der Waals surface area contributed by atoms with Crippen LogP contribution in [0.15, 0.2) is 0 Å². The summed E-state index contributed by atoms with van der Waals surface area (Å²) in [5, 5.41) is 105. The molecule has 3 rings (SSSR count). The molecule has 554 valence electrons. The molecule has 3 fully saturated rings. The summed E-state index contributed by atoms with van der Waals surface area (Å²) < 4.78 is 47.5. The molecule has 18 atom stereocenters. The molecular weight excluding hydrogens is 1220 g/mol. The Hall–Kier alpha value is -2.35. The maximum Gasteiger partial charge on any atom is 0.329 e. The molecule has 0 spiro atoms. The quantitative estimate of drug-likeness (QED) is 0.0307. The number of unbranched alkanes of at least 4 members (excludes halogenated alkanes) is 15. The first-order valence-electron chi connectivity index (χ1n) is 35.9. The zero-order valence-corrected chi connectivity index (χ0v) is 60.7. The Morgan fingerprint density at radius 2 is 0.798 bits per heavy atom. The van der Waals surface area contributed by atoms with E-state index in [1.54, 1.807) is 0 Å². The van der Waals surface area contributed by atoms with E-state index in [0.717, 1.165) is 109 Å². The second-order valence-corrected chi connectivity index (χ2v) is 30.9. The number of hydrogen-bond acceptors (Lipinski definition) is 19. The number of carboxylic acid groups (broad SMARTS) is 3. The summed E-state index contributed by atoms with van der Waals surface area (Å²) in [6.07, 6.45) is 2.37. The first kappa shape index (κ1) is 85.9. The average Bonchev–Trinajstić information content (AvgIpc) is 0.765. The fraction of sp³-hybridized carbons (Fsp3) is 0.957. The number of quaternary nitrogens is 3. The summed E-state index contributed by atoms with van der Waals surface area (Å²) in [6, 6.07) is -2.83. The molecule has 0 aromatic rings. The lowest BCUT2D eigenvalue weighted by atomic mass is 9.73. The topological polar surface area (TPSA) is 308 Å². The van der Waals surface area contributed by atoms with Gasteiger partial charge >= 0.3 is 17.9 Å². The Bertz CT molecular complexity index is 2050. The van der Waals surface area contributed by atoms with Gasteiger partial charge in [-0.25, -0.2) is 14.4 Å². The van der Waals surface area contributed by atoms with E-state index >= 15 is 0 Å². The van der Waals surface area contributed by atoms with Crippen LogP contribution in [-0.4, -0.2) is 352 Å². The van der Waals surface area contributed by atoms with E-state index in [1.807, 2.05) is 82.2 Å². The number of carbonyl (C=O) groups is 3. The van der Waals surface area contributed by atoms with Crippen molar-refractivity contribution < 1.29 is 107 Å². The van der Waals surface area contributed by atoms with Crippen molar-refractivity contribution in [3.8, 4) is 0 Å². The number of hydrogen-bond donors (Lipinski definition) is 9. The summed E-state index contributed by atoms with van der Waals surface area (Å²) >= 11 is 0. The van der Waals surface area contributed by atoms with Crippen LogP contribution in [0.2, 0.25) is 0 Å². The van der Waals surface area contributed by atoms with Crippen molar-refractivity contribution >= 4 is 17.9 Å². The van der Waals surface area contributed by atoms with Gasteiger partial charge in [-0.1, -0.05) is 124 Å². The van der Waals surface area contributed by atoms with E-state index < -0.39 is 154 Å². The third-order valence-electron chi connectivity index (χ3n) is 18.6. The summed E-state index contributed by atoms with van der Waals surface area (Å²) in [5.74, 6) is -4.59. The molecule has 0 aromatic carbocycles. The number of rotatable bonds is 52. The zero-order valence-electron chi connectivity index (χ0n) is 60.7. The smallest absolute Gasteiger partial charge is 0.329 e. The molecule has 0 bridgehead atoms. The molecule has 2 aliphatic heterocycles. The number of aliphatic carboxylic acids is 3. The second-order valence-electron chi connectivity index (χ2n) is 30.9.